The van der Waals surface area contributed by atoms with Crippen molar-refractivity contribution in [1.82, 2.24) is 10.2 Å². The van der Waals surface area contributed by atoms with Crippen LogP contribution >= 0.6 is 0 Å². The Morgan fingerprint density at radius 3 is 2.72 bits per heavy atom. The second-order valence-electron chi connectivity index (χ2n) is 5.68. The van der Waals surface area contributed by atoms with Crippen LogP contribution in [0.5, 0.6) is 0 Å². The maximum atomic E-state index is 12.6. The first-order chi connectivity index (χ1) is 8.55. The Balaban J connectivity index is 1.66. The van der Waals surface area contributed by atoms with E-state index in [0.29, 0.717) is 12.8 Å². The van der Waals surface area contributed by atoms with Crippen molar-refractivity contribution >= 4 is 0 Å². The number of halogens is 3. The van der Waals surface area contributed by atoms with Crippen molar-refractivity contribution in [1.29, 1.82) is 0 Å². The van der Waals surface area contributed by atoms with Crippen LogP contribution in [0, 0.1) is 11.8 Å². The largest absolute Gasteiger partial charge is 0.393 e. The van der Waals surface area contributed by atoms with Crippen molar-refractivity contribution in [2.24, 2.45) is 11.8 Å². The van der Waals surface area contributed by atoms with Crippen molar-refractivity contribution in [3.05, 3.63) is 0 Å². The minimum Gasteiger partial charge on any atom is -0.316 e. The quantitative estimate of drug-likeness (QED) is 0.839. The average Bonchev–Trinajstić information content (AvgIpc) is 2.81. The van der Waals surface area contributed by atoms with Crippen molar-refractivity contribution in [3.63, 3.8) is 0 Å². The summed E-state index contributed by atoms with van der Waals surface area (Å²) in [5.74, 6) is -0.354. The monoisotopic (exact) mass is 264 g/mol. The van der Waals surface area contributed by atoms with Gasteiger partial charge in [0.25, 0.3) is 0 Å². The topological polar surface area (TPSA) is 15.3 Å². The lowest BCUT2D eigenvalue weighted by atomic mass is 9.96. The second kappa shape index (κ2) is 6.24. The van der Waals surface area contributed by atoms with Gasteiger partial charge in [-0.15, -0.1) is 0 Å². The van der Waals surface area contributed by atoms with Gasteiger partial charge in [0.1, 0.15) is 0 Å². The average molecular weight is 264 g/mol. The molecule has 2 fully saturated rings. The van der Waals surface area contributed by atoms with Gasteiger partial charge >= 0.3 is 6.18 Å². The lowest BCUT2D eigenvalue weighted by molar-refractivity contribution is -0.186. The molecular formula is C13H23F3N2. The van der Waals surface area contributed by atoms with Crippen molar-refractivity contribution < 1.29 is 13.2 Å². The van der Waals surface area contributed by atoms with Crippen LogP contribution in [0.15, 0.2) is 0 Å². The molecule has 0 spiro atoms. The van der Waals surface area contributed by atoms with E-state index in [9.17, 15) is 13.2 Å². The zero-order chi connectivity index (χ0) is 13.0. The molecule has 0 aromatic carbocycles. The zero-order valence-corrected chi connectivity index (χ0v) is 10.8. The number of nitrogens with one attached hydrogen (secondary N) is 1. The Kier molecular flexibility index (Phi) is 4.90. The van der Waals surface area contributed by atoms with Crippen LogP contribution in [0.3, 0.4) is 0 Å². The fraction of sp³-hybridized carbons (Fsp3) is 1.00. The van der Waals surface area contributed by atoms with E-state index in [1.54, 1.807) is 0 Å². The van der Waals surface area contributed by atoms with Crippen LogP contribution in [0.2, 0.25) is 0 Å². The molecule has 5 heteroatoms. The number of hydrogen-bond donors (Lipinski definition) is 1. The van der Waals surface area contributed by atoms with Gasteiger partial charge in [0, 0.05) is 6.54 Å². The molecule has 0 radical (unpaired) electrons. The maximum absolute atomic E-state index is 12.6. The number of nitrogens with zero attached hydrogens (tertiary/aromatic N) is 1. The molecule has 2 aliphatic rings. The van der Waals surface area contributed by atoms with Crippen LogP contribution < -0.4 is 5.32 Å². The van der Waals surface area contributed by atoms with Crippen LogP contribution in [0.25, 0.3) is 0 Å². The molecule has 2 nitrogen and oxygen atoms in total. The summed E-state index contributed by atoms with van der Waals surface area (Å²) in [6.45, 7) is 4.08. The predicted octanol–water partition coefficient (Wildman–Crippen LogP) is 2.65. The number of piperidine rings is 1. The van der Waals surface area contributed by atoms with E-state index < -0.39 is 12.1 Å². The lowest BCUT2D eigenvalue weighted by Gasteiger charge is -2.33. The molecule has 0 aromatic rings. The van der Waals surface area contributed by atoms with Crippen LogP contribution in [0.1, 0.15) is 32.1 Å². The normalized spacial score (nSPS) is 30.8. The number of alkyl halides is 3. The molecule has 2 unspecified atom stereocenters. The summed E-state index contributed by atoms with van der Waals surface area (Å²) >= 11 is 0. The first-order valence-corrected chi connectivity index (χ1v) is 7.05. The Morgan fingerprint density at radius 2 is 2.06 bits per heavy atom. The van der Waals surface area contributed by atoms with Gasteiger partial charge in [-0.05, 0) is 64.2 Å². The Hall–Kier alpha value is -0.290. The summed E-state index contributed by atoms with van der Waals surface area (Å²) in [6.07, 6.45) is 0.415. The molecule has 0 amide bonds. The fourth-order valence-electron chi connectivity index (χ4n) is 3.09. The first kappa shape index (κ1) is 14.1. The summed E-state index contributed by atoms with van der Waals surface area (Å²) < 4.78 is 37.9. The summed E-state index contributed by atoms with van der Waals surface area (Å²) in [4.78, 5) is 2.00. The second-order valence-corrected chi connectivity index (χ2v) is 5.68. The highest BCUT2D eigenvalue weighted by Crippen LogP contribution is 2.33. The van der Waals surface area contributed by atoms with E-state index in [0.717, 1.165) is 44.9 Å². The minimum atomic E-state index is -4.01. The molecule has 2 rings (SSSR count). The smallest absolute Gasteiger partial charge is 0.316 e. The van der Waals surface area contributed by atoms with Crippen molar-refractivity contribution in [2.45, 2.75) is 38.3 Å². The third-order valence-electron chi connectivity index (χ3n) is 4.22. The highest BCUT2D eigenvalue weighted by Gasteiger charge is 2.41. The lowest BCUT2D eigenvalue weighted by Crippen LogP contribution is -2.42. The zero-order valence-electron chi connectivity index (χ0n) is 10.8. The number of rotatable bonds is 4. The molecule has 2 heterocycles. The van der Waals surface area contributed by atoms with Gasteiger partial charge in [-0.2, -0.15) is 13.2 Å². The Morgan fingerprint density at radius 1 is 1.22 bits per heavy atom. The molecule has 18 heavy (non-hydrogen) atoms. The van der Waals surface area contributed by atoms with Gasteiger partial charge in [-0.1, -0.05) is 0 Å². The standard InChI is InChI=1S/C13H23F3N2/c14-13(15,16)12-4-2-8-18(10-12)7-1-3-11-5-6-17-9-11/h11-12,17H,1-10H2. The van der Waals surface area contributed by atoms with Gasteiger partial charge in [-0.3, -0.25) is 0 Å². The summed E-state index contributed by atoms with van der Waals surface area (Å²) in [7, 11) is 0. The molecule has 0 aliphatic carbocycles. The molecular weight excluding hydrogens is 241 g/mol. The van der Waals surface area contributed by atoms with E-state index in [4.69, 9.17) is 0 Å². The summed E-state index contributed by atoms with van der Waals surface area (Å²) in [5, 5.41) is 3.33. The third kappa shape index (κ3) is 4.12. The predicted molar refractivity (Wildman–Crippen MR) is 65.4 cm³/mol. The highest BCUT2D eigenvalue weighted by atomic mass is 19.4. The van der Waals surface area contributed by atoms with E-state index in [-0.39, 0.29) is 6.54 Å². The van der Waals surface area contributed by atoms with Crippen molar-refractivity contribution in [3.8, 4) is 0 Å². The Labute approximate surface area is 107 Å². The summed E-state index contributed by atoms with van der Waals surface area (Å²) in [6, 6.07) is 0. The minimum absolute atomic E-state index is 0.215. The van der Waals surface area contributed by atoms with Gasteiger partial charge in [0.15, 0.2) is 0 Å². The molecule has 0 saturated carbocycles. The van der Waals surface area contributed by atoms with E-state index >= 15 is 0 Å². The van der Waals surface area contributed by atoms with Gasteiger partial charge < -0.3 is 10.2 Å². The van der Waals surface area contributed by atoms with Crippen LogP contribution in [-0.4, -0.2) is 43.8 Å². The van der Waals surface area contributed by atoms with Gasteiger partial charge in [0.05, 0.1) is 5.92 Å². The highest BCUT2D eigenvalue weighted by molar-refractivity contribution is 4.78. The first-order valence-electron chi connectivity index (χ1n) is 7.05. The molecule has 2 saturated heterocycles. The van der Waals surface area contributed by atoms with Gasteiger partial charge in [0.2, 0.25) is 0 Å². The number of likely N-dealkylation sites (tertiary alicyclic amines) is 1. The fourth-order valence-corrected chi connectivity index (χ4v) is 3.09. The van der Waals surface area contributed by atoms with E-state index in [1.165, 1.54) is 6.42 Å². The number of hydrogen-bond acceptors (Lipinski definition) is 2. The van der Waals surface area contributed by atoms with Gasteiger partial charge in [-0.25, -0.2) is 0 Å². The van der Waals surface area contributed by atoms with E-state index in [2.05, 4.69) is 5.32 Å². The van der Waals surface area contributed by atoms with Crippen LogP contribution in [-0.2, 0) is 0 Å². The molecule has 1 N–H and O–H groups in total. The van der Waals surface area contributed by atoms with Crippen LogP contribution in [0.4, 0.5) is 13.2 Å². The maximum Gasteiger partial charge on any atom is 0.393 e. The SMILES string of the molecule is FC(F)(F)C1CCCN(CCCC2CCNC2)C1. The molecule has 2 aliphatic heterocycles. The molecule has 2 atom stereocenters. The summed E-state index contributed by atoms with van der Waals surface area (Å²) in [5.41, 5.74) is 0. The van der Waals surface area contributed by atoms with Crippen molar-refractivity contribution in [2.75, 3.05) is 32.7 Å². The Bertz CT molecular complexity index is 249. The molecule has 106 valence electrons. The van der Waals surface area contributed by atoms with E-state index in [1.807, 2.05) is 4.90 Å². The molecule has 0 bridgehead atoms. The molecule has 0 aromatic heterocycles. The third-order valence-corrected chi connectivity index (χ3v) is 4.22.